The van der Waals surface area contributed by atoms with Crippen molar-refractivity contribution in [3.63, 3.8) is 0 Å². The minimum Gasteiger partial charge on any atom is -0.357 e. The fourth-order valence-electron chi connectivity index (χ4n) is 1.73. The SMILES string of the molecule is CNC(=O)[C@H](C)NC(=O)CNC(=O)[C@H](CCCCN)NC=O. The van der Waals surface area contributed by atoms with Crippen LogP contribution < -0.4 is 27.0 Å². The molecule has 0 aliphatic carbocycles. The predicted molar refractivity (Wildman–Crippen MR) is 80.6 cm³/mol. The maximum atomic E-state index is 11.9. The molecule has 0 unspecified atom stereocenters. The van der Waals surface area contributed by atoms with Gasteiger partial charge in [0.15, 0.2) is 0 Å². The van der Waals surface area contributed by atoms with E-state index in [4.69, 9.17) is 5.73 Å². The van der Waals surface area contributed by atoms with Crippen molar-refractivity contribution >= 4 is 24.1 Å². The summed E-state index contributed by atoms with van der Waals surface area (Å²) in [6.45, 7) is 1.77. The number of likely N-dealkylation sites (N-methyl/N-ethyl adjacent to an activating group) is 1. The van der Waals surface area contributed by atoms with Crippen molar-refractivity contribution in [2.45, 2.75) is 38.3 Å². The molecule has 0 bridgehead atoms. The van der Waals surface area contributed by atoms with Crippen LogP contribution in [-0.4, -0.2) is 56.4 Å². The van der Waals surface area contributed by atoms with Gasteiger partial charge in [0.05, 0.1) is 6.54 Å². The van der Waals surface area contributed by atoms with Gasteiger partial charge in [0, 0.05) is 7.05 Å². The molecular weight excluding hydrogens is 290 g/mol. The van der Waals surface area contributed by atoms with Crippen LogP contribution >= 0.6 is 0 Å². The van der Waals surface area contributed by atoms with E-state index in [9.17, 15) is 19.2 Å². The van der Waals surface area contributed by atoms with Gasteiger partial charge in [0.25, 0.3) is 0 Å². The van der Waals surface area contributed by atoms with E-state index in [1.54, 1.807) is 0 Å². The Balaban J connectivity index is 4.22. The van der Waals surface area contributed by atoms with Gasteiger partial charge in [-0.05, 0) is 32.7 Å². The van der Waals surface area contributed by atoms with Crippen LogP contribution in [0, 0.1) is 0 Å². The van der Waals surface area contributed by atoms with Crippen LogP contribution in [-0.2, 0) is 19.2 Å². The summed E-state index contributed by atoms with van der Waals surface area (Å²) in [4.78, 5) is 45.2. The standard InChI is InChI=1S/C13H25N5O4/c1-9(12(21)15-2)18-11(20)7-16-13(22)10(17-8-19)5-3-4-6-14/h8-10H,3-7,14H2,1-2H3,(H,15,21)(H,16,22)(H,17,19)(H,18,20)/t9-,10-/m0/s1. The lowest BCUT2D eigenvalue weighted by Gasteiger charge is -2.16. The molecule has 9 heteroatoms. The quantitative estimate of drug-likeness (QED) is 0.213. The second kappa shape index (κ2) is 11.5. The van der Waals surface area contributed by atoms with Gasteiger partial charge in [-0.3, -0.25) is 19.2 Å². The maximum Gasteiger partial charge on any atom is 0.243 e. The Morgan fingerprint density at radius 3 is 2.41 bits per heavy atom. The van der Waals surface area contributed by atoms with E-state index >= 15 is 0 Å². The number of nitrogens with one attached hydrogen (secondary N) is 4. The first kappa shape index (κ1) is 19.8. The zero-order valence-electron chi connectivity index (χ0n) is 13.0. The van der Waals surface area contributed by atoms with Crippen molar-refractivity contribution < 1.29 is 19.2 Å². The molecule has 126 valence electrons. The van der Waals surface area contributed by atoms with Crippen LogP contribution in [0.3, 0.4) is 0 Å². The van der Waals surface area contributed by atoms with Crippen LogP contribution in [0.4, 0.5) is 0 Å². The van der Waals surface area contributed by atoms with Crippen molar-refractivity contribution in [2.24, 2.45) is 5.73 Å². The summed E-state index contributed by atoms with van der Waals surface area (Å²) in [6.07, 6.45) is 2.32. The molecular formula is C13H25N5O4. The maximum absolute atomic E-state index is 11.9. The first-order valence-corrected chi connectivity index (χ1v) is 7.14. The lowest BCUT2D eigenvalue weighted by Crippen LogP contribution is -2.50. The molecule has 0 aromatic carbocycles. The molecule has 0 spiro atoms. The zero-order chi connectivity index (χ0) is 17.0. The Morgan fingerprint density at radius 2 is 1.86 bits per heavy atom. The van der Waals surface area contributed by atoms with Crippen molar-refractivity contribution in [2.75, 3.05) is 20.1 Å². The average molecular weight is 315 g/mol. The third kappa shape index (κ3) is 8.20. The summed E-state index contributed by atoms with van der Waals surface area (Å²) in [5.41, 5.74) is 5.37. The molecule has 4 amide bonds. The van der Waals surface area contributed by atoms with Crippen molar-refractivity contribution in [1.82, 2.24) is 21.3 Å². The Morgan fingerprint density at radius 1 is 1.18 bits per heavy atom. The molecule has 0 heterocycles. The molecule has 0 aliphatic rings. The van der Waals surface area contributed by atoms with E-state index in [0.29, 0.717) is 25.8 Å². The first-order valence-electron chi connectivity index (χ1n) is 7.14. The van der Waals surface area contributed by atoms with Gasteiger partial charge < -0.3 is 27.0 Å². The van der Waals surface area contributed by atoms with Gasteiger partial charge in [-0.25, -0.2) is 0 Å². The summed E-state index contributed by atoms with van der Waals surface area (Å²) < 4.78 is 0. The largest absolute Gasteiger partial charge is 0.357 e. The topological polar surface area (TPSA) is 142 Å². The van der Waals surface area contributed by atoms with Crippen molar-refractivity contribution in [3.05, 3.63) is 0 Å². The summed E-state index contributed by atoms with van der Waals surface area (Å²) in [5, 5.41) is 9.66. The molecule has 0 rings (SSSR count). The van der Waals surface area contributed by atoms with E-state index < -0.39 is 23.9 Å². The fraction of sp³-hybridized carbons (Fsp3) is 0.692. The molecule has 0 aromatic heterocycles. The second-order valence-electron chi connectivity index (χ2n) is 4.74. The number of amides is 4. The number of carbonyl (C=O) groups excluding carboxylic acids is 4. The Hall–Kier alpha value is -2.16. The number of hydrogen-bond donors (Lipinski definition) is 5. The van der Waals surface area contributed by atoms with Crippen LogP contribution in [0.2, 0.25) is 0 Å². The number of carbonyl (C=O) groups is 4. The molecule has 6 N–H and O–H groups in total. The lowest BCUT2D eigenvalue weighted by atomic mass is 10.1. The van der Waals surface area contributed by atoms with Crippen LogP contribution in [0.15, 0.2) is 0 Å². The average Bonchev–Trinajstić information content (AvgIpc) is 2.50. The molecule has 22 heavy (non-hydrogen) atoms. The highest BCUT2D eigenvalue weighted by Crippen LogP contribution is 2.00. The second-order valence-corrected chi connectivity index (χ2v) is 4.74. The third-order valence-corrected chi connectivity index (χ3v) is 2.97. The lowest BCUT2D eigenvalue weighted by molar-refractivity contribution is -0.130. The van der Waals surface area contributed by atoms with E-state index in [-0.39, 0.29) is 12.5 Å². The number of rotatable bonds is 11. The van der Waals surface area contributed by atoms with Gasteiger partial charge in [-0.1, -0.05) is 0 Å². The van der Waals surface area contributed by atoms with Gasteiger partial charge in [-0.15, -0.1) is 0 Å². The molecule has 2 atom stereocenters. The highest BCUT2D eigenvalue weighted by atomic mass is 16.2. The predicted octanol–water partition coefficient (Wildman–Crippen LogP) is -2.40. The van der Waals surface area contributed by atoms with E-state index in [2.05, 4.69) is 21.3 Å². The van der Waals surface area contributed by atoms with Gasteiger partial charge in [0.2, 0.25) is 24.1 Å². The van der Waals surface area contributed by atoms with E-state index in [1.807, 2.05) is 0 Å². The van der Waals surface area contributed by atoms with Crippen LogP contribution in [0.25, 0.3) is 0 Å². The smallest absolute Gasteiger partial charge is 0.243 e. The molecule has 0 saturated heterocycles. The Labute approximate surface area is 129 Å². The van der Waals surface area contributed by atoms with E-state index in [1.165, 1.54) is 14.0 Å². The van der Waals surface area contributed by atoms with E-state index in [0.717, 1.165) is 6.42 Å². The monoisotopic (exact) mass is 315 g/mol. The highest BCUT2D eigenvalue weighted by molar-refractivity contribution is 5.91. The number of hydrogen-bond acceptors (Lipinski definition) is 5. The summed E-state index contributed by atoms with van der Waals surface area (Å²) in [7, 11) is 1.46. The zero-order valence-corrected chi connectivity index (χ0v) is 13.0. The fourth-order valence-corrected chi connectivity index (χ4v) is 1.73. The first-order chi connectivity index (χ1) is 10.5. The van der Waals surface area contributed by atoms with Crippen molar-refractivity contribution in [3.8, 4) is 0 Å². The third-order valence-electron chi connectivity index (χ3n) is 2.97. The number of nitrogens with two attached hydrogens (primary N) is 1. The van der Waals surface area contributed by atoms with Gasteiger partial charge >= 0.3 is 0 Å². The molecule has 0 aromatic rings. The highest BCUT2D eigenvalue weighted by Gasteiger charge is 2.19. The molecule has 0 fully saturated rings. The van der Waals surface area contributed by atoms with Crippen LogP contribution in [0.5, 0.6) is 0 Å². The molecule has 0 aliphatic heterocycles. The Bertz CT molecular complexity index is 389. The van der Waals surface area contributed by atoms with Crippen LogP contribution in [0.1, 0.15) is 26.2 Å². The minimum atomic E-state index is -0.701. The Kier molecular flexibility index (Phi) is 10.4. The van der Waals surface area contributed by atoms with Gasteiger partial charge in [-0.2, -0.15) is 0 Å². The van der Waals surface area contributed by atoms with Gasteiger partial charge in [0.1, 0.15) is 12.1 Å². The number of unbranched alkanes of at least 4 members (excludes halogenated alkanes) is 1. The summed E-state index contributed by atoms with van der Waals surface area (Å²) in [5.74, 6) is -1.27. The summed E-state index contributed by atoms with van der Waals surface area (Å²) in [6, 6.07) is -1.39. The molecule has 9 nitrogen and oxygen atoms in total. The molecule has 0 radical (unpaired) electrons. The molecule has 0 saturated carbocycles. The normalized spacial score (nSPS) is 12.7. The summed E-state index contributed by atoms with van der Waals surface area (Å²) >= 11 is 0. The minimum absolute atomic E-state index is 0.270. The van der Waals surface area contributed by atoms with Crippen molar-refractivity contribution in [1.29, 1.82) is 0 Å².